The molecule has 0 aliphatic heterocycles. The van der Waals surface area contributed by atoms with Crippen LogP contribution in [0.4, 0.5) is 4.39 Å². The van der Waals surface area contributed by atoms with Crippen molar-refractivity contribution in [2.75, 3.05) is 0 Å². The summed E-state index contributed by atoms with van der Waals surface area (Å²) in [5.74, 6) is -0.506. The van der Waals surface area contributed by atoms with Gasteiger partial charge in [-0.3, -0.25) is 0 Å². The van der Waals surface area contributed by atoms with Gasteiger partial charge in [0.15, 0.2) is 0 Å². The zero-order chi connectivity index (χ0) is 9.84. The summed E-state index contributed by atoms with van der Waals surface area (Å²) in [5, 5.41) is 0.384. The lowest BCUT2D eigenvalue weighted by Gasteiger charge is -2.10. The van der Waals surface area contributed by atoms with E-state index in [1.807, 2.05) is 0 Å². The third-order valence-electron chi connectivity index (χ3n) is 1.94. The van der Waals surface area contributed by atoms with Crippen LogP contribution < -0.4 is 0 Å². The van der Waals surface area contributed by atoms with E-state index >= 15 is 0 Å². The predicted molar refractivity (Wildman–Crippen MR) is 50.5 cm³/mol. The molecular formula is C10H10ClFO. The maximum absolute atomic E-state index is 13.2. The minimum atomic E-state index is -0.346. The molecule has 0 heterocycles. The number of benzene rings is 1. The van der Waals surface area contributed by atoms with E-state index in [2.05, 4.69) is 0 Å². The molecule has 1 unspecified atom stereocenters. The van der Waals surface area contributed by atoms with Crippen molar-refractivity contribution in [1.82, 2.24) is 0 Å². The molecule has 0 spiro atoms. The van der Waals surface area contributed by atoms with Crippen LogP contribution in [0.2, 0.25) is 5.02 Å². The van der Waals surface area contributed by atoms with Crippen LogP contribution in [-0.4, -0.2) is 6.29 Å². The zero-order valence-corrected chi connectivity index (χ0v) is 8.01. The van der Waals surface area contributed by atoms with Crippen molar-refractivity contribution in [3.05, 3.63) is 34.6 Å². The topological polar surface area (TPSA) is 17.1 Å². The first kappa shape index (κ1) is 10.2. The van der Waals surface area contributed by atoms with Crippen LogP contribution in [0, 0.1) is 5.82 Å². The lowest BCUT2D eigenvalue weighted by molar-refractivity contribution is -0.108. The second-order valence-electron chi connectivity index (χ2n) is 2.94. The molecule has 70 valence electrons. The molecule has 0 bridgehead atoms. The number of aldehydes is 1. The first-order valence-electron chi connectivity index (χ1n) is 4.04. The van der Waals surface area contributed by atoms with E-state index in [0.29, 0.717) is 17.0 Å². The minimum Gasteiger partial charge on any atom is -0.303 e. The highest BCUT2D eigenvalue weighted by Crippen LogP contribution is 2.28. The fourth-order valence-corrected chi connectivity index (χ4v) is 1.59. The van der Waals surface area contributed by atoms with E-state index in [1.54, 1.807) is 19.1 Å². The summed E-state index contributed by atoms with van der Waals surface area (Å²) in [4.78, 5) is 10.2. The Labute approximate surface area is 81.5 Å². The van der Waals surface area contributed by atoms with Crippen molar-refractivity contribution >= 4 is 17.9 Å². The number of hydrogen-bond donors (Lipinski definition) is 0. The highest BCUT2D eigenvalue weighted by molar-refractivity contribution is 6.31. The van der Waals surface area contributed by atoms with E-state index in [0.717, 1.165) is 6.29 Å². The molecule has 0 aromatic heterocycles. The fourth-order valence-electron chi connectivity index (χ4n) is 1.24. The first-order valence-corrected chi connectivity index (χ1v) is 4.42. The molecule has 3 heteroatoms. The Morgan fingerprint density at radius 1 is 1.62 bits per heavy atom. The van der Waals surface area contributed by atoms with E-state index in [1.165, 1.54) is 6.07 Å². The third-order valence-corrected chi connectivity index (χ3v) is 2.27. The molecule has 0 aliphatic rings. The van der Waals surface area contributed by atoms with Gasteiger partial charge >= 0.3 is 0 Å². The Bertz CT molecular complexity index is 292. The number of carbonyl (C=O) groups excluding carboxylic acids is 1. The first-order chi connectivity index (χ1) is 6.16. The highest BCUT2D eigenvalue weighted by atomic mass is 35.5. The van der Waals surface area contributed by atoms with Crippen LogP contribution in [0.3, 0.4) is 0 Å². The molecule has 0 saturated carbocycles. The molecule has 1 aromatic carbocycles. The molecule has 1 aromatic rings. The van der Waals surface area contributed by atoms with Crippen LogP contribution in [0.25, 0.3) is 0 Å². The largest absolute Gasteiger partial charge is 0.303 e. The van der Waals surface area contributed by atoms with Gasteiger partial charge in [-0.05, 0) is 18.1 Å². The quantitative estimate of drug-likeness (QED) is 0.685. The van der Waals surface area contributed by atoms with Gasteiger partial charge in [-0.15, -0.1) is 0 Å². The number of halogens is 2. The molecule has 0 radical (unpaired) electrons. The average Bonchev–Trinajstić information content (AvgIpc) is 2.04. The maximum atomic E-state index is 13.2. The van der Waals surface area contributed by atoms with E-state index in [9.17, 15) is 9.18 Å². The normalized spacial score (nSPS) is 12.5. The van der Waals surface area contributed by atoms with Crippen LogP contribution in [0.1, 0.15) is 24.8 Å². The smallest absolute Gasteiger partial charge is 0.128 e. The van der Waals surface area contributed by atoms with E-state index in [-0.39, 0.29) is 11.7 Å². The summed E-state index contributed by atoms with van der Waals surface area (Å²) in [6.45, 7) is 1.78. The third kappa shape index (κ3) is 2.28. The summed E-state index contributed by atoms with van der Waals surface area (Å²) < 4.78 is 13.2. The molecule has 0 N–H and O–H groups in total. The summed E-state index contributed by atoms with van der Waals surface area (Å²) in [6, 6.07) is 4.53. The summed E-state index contributed by atoms with van der Waals surface area (Å²) in [7, 11) is 0. The van der Waals surface area contributed by atoms with Crippen LogP contribution in [-0.2, 0) is 4.79 Å². The Balaban J connectivity index is 3.04. The van der Waals surface area contributed by atoms with Crippen LogP contribution >= 0.6 is 11.6 Å². The molecule has 0 amide bonds. The Kier molecular flexibility index (Phi) is 3.43. The van der Waals surface area contributed by atoms with Gasteiger partial charge in [0.05, 0.1) is 0 Å². The van der Waals surface area contributed by atoms with Gasteiger partial charge in [-0.25, -0.2) is 4.39 Å². The van der Waals surface area contributed by atoms with E-state index in [4.69, 9.17) is 11.6 Å². The van der Waals surface area contributed by atoms with Gasteiger partial charge in [-0.1, -0.05) is 24.6 Å². The minimum absolute atomic E-state index is 0.161. The van der Waals surface area contributed by atoms with Gasteiger partial charge in [0.25, 0.3) is 0 Å². The lowest BCUT2D eigenvalue weighted by atomic mass is 9.98. The van der Waals surface area contributed by atoms with Crippen LogP contribution in [0.5, 0.6) is 0 Å². The Morgan fingerprint density at radius 3 is 2.85 bits per heavy atom. The molecule has 1 rings (SSSR count). The zero-order valence-electron chi connectivity index (χ0n) is 7.26. The standard InChI is InChI=1S/C10H10ClFO/c1-7(5-6-13)10-8(11)3-2-4-9(10)12/h2-4,6-7H,5H2,1H3. The summed E-state index contributed by atoms with van der Waals surface area (Å²) >= 11 is 5.80. The van der Waals surface area contributed by atoms with Gasteiger partial charge in [-0.2, -0.15) is 0 Å². The number of carbonyl (C=O) groups is 1. The molecule has 0 saturated heterocycles. The number of rotatable bonds is 3. The fraction of sp³-hybridized carbons (Fsp3) is 0.300. The summed E-state index contributed by atoms with van der Waals surface area (Å²) in [5.41, 5.74) is 0.427. The van der Waals surface area contributed by atoms with Gasteiger partial charge in [0.1, 0.15) is 12.1 Å². The second kappa shape index (κ2) is 4.38. The van der Waals surface area contributed by atoms with Crippen molar-refractivity contribution in [1.29, 1.82) is 0 Å². The van der Waals surface area contributed by atoms with Crippen molar-refractivity contribution in [2.45, 2.75) is 19.3 Å². The maximum Gasteiger partial charge on any atom is 0.128 e. The molecule has 0 aliphatic carbocycles. The monoisotopic (exact) mass is 200 g/mol. The average molecular weight is 201 g/mol. The Morgan fingerprint density at radius 2 is 2.31 bits per heavy atom. The highest BCUT2D eigenvalue weighted by Gasteiger charge is 2.13. The van der Waals surface area contributed by atoms with E-state index < -0.39 is 0 Å². The lowest BCUT2D eigenvalue weighted by Crippen LogP contribution is -1.98. The van der Waals surface area contributed by atoms with Gasteiger partial charge in [0, 0.05) is 17.0 Å². The van der Waals surface area contributed by atoms with Gasteiger partial charge < -0.3 is 4.79 Å². The molecule has 13 heavy (non-hydrogen) atoms. The predicted octanol–water partition coefficient (Wildman–Crippen LogP) is 3.17. The summed E-state index contributed by atoms with van der Waals surface area (Å²) in [6.07, 6.45) is 1.06. The van der Waals surface area contributed by atoms with Crippen molar-refractivity contribution < 1.29 is 9.18 Å². The molecular weight excluding hydrogens is 191 g/mol. The van der Waals surface area contributed by atoms with Gasteiger partial charge in [0.2, 0.25) is 0 Å². The van der Waals surface area contributed by atoms with Crippen molar-refractivity contribution in [2.24, 2.45) is 0 Å². The second-order valence-corrected chi connectivity index (χ2v) is 3.35. The molecule has 1 atom stereocenters. The molecule has 0 fully saturated rings. The Hall–Kier alpha value is -0.890. The van der Waals surface area contributed by atoms with Crippen molar-refractivity contribution in [3.8, 4) is 0 Å². The number of hydrogen-bond acceptors (Lipinski definition) is 1. The van der Waals surface area contributed by atoms with Crippen molar-refractivity contribution in [3.63, 3.8) is 0 Å². The SMILES string of the molecule is CC(CC=O)c1c(F)cccc1Cl. The molecule has 1 nitrogen and oxygen atoms in total. The van der Waals surface area contributed by atoms with Crippen LogP contribution in [0.15, 0.2) is 18.2 Å².